The molecule has 0 spiro atoms. The summed E-state index contributed by atoms with van der Waals surface area (Å²) in [6.45, 7) is 4.20. The summed E-state index contributed by atoms with van der Waals surface area (Å²) < 4.78 is 28.5. The number of nitrogens with zero attached hydrogens (tertiary/aromatic N) is 3. The molecule has 0 N–H and O–H groups in total. The quantitative estimate of drug-likeness (QED) is 0.840. The van der Waals surface area contributed by atoms with Gasteiger partial charge in [-0.05, 0) is 25.5 Å². The summed E-state index contributed by atoms with van der Waals surface area (Å²) in [5.41, 5.74) is 2.84. The molecular weight excluding hydrogens is 322 g/mol. The molecule has 2 aromatic rings. The number of rotatable bonds is 5. The Morgan fingerprint density at radius 1 is 1.32 bits per heavy atom. The van der Waals surface area contributed by atoms with E-state index >= 15 is 0 Å². The molecule has 0 aliphatic heterocycles. The van der Waals surface area contributed by atoms with E-state index in [-0.39, 0.29) is 16.5 Å². The third kappa shape index (κ3) is 3.04. The van der Waals surface area contributed by atoms with Gasteiger partial charge in [0.25, 0.3) is 0 Å². The van der Waals surface area contributed by atoms with Crippen molar-refractivity contribution in [1.29, 1.82) is 0 Å². The van der Waals surface area contributed by atoms with Gasteiger partial charge in [-0.25, -0.2) is 8.42 Å². The molecule has 1 aromatic carbocycles. The molecule has 22 heavy (non-hydrogen) atoms. The first kappa shape index (κ1) is 17.0. The van der Waals surface area contributed by atoms with Gasteiger partial charge in [0.2, 0.25) is 10.0 Å². The second-order valence-corrected chi connectivity index (χ2v) is 7.60. The van der Waals surface area contributed by atoms with E-state index in [0.717, 1.165) is 23.4 Å². The molecule has 0 amide bonds. The minimum atomic E-state index is -3.64. The van der Waals surface area contributed by atoms with Crippen LogP contribution >= 0.6 is 11.6 Å². The fourth-order valence-corrected chi connectivity index (χ4v) is 4.16. The molecule has 2 rings (SSSR count). The summed E-state index contributed by atoms with van der Waals surface area (Å²) in [7, 11) is -0.203. The van der Waals surface area contributed by atoms with Crippen LogP contribution in [0.15, 0.2) is 29.2 Å². The van der Waals surface area contributed by atoms with Gasteiger partial charge in [-0.3, -0.25) is 4.68 Å². The molecule has 7 heteroatoms. The number of benzene rings is 1. The van der Waals surface area contributed by atoms with E-state index in [9.17, 15) is 8.42 Å². The first-order valence-corrected chi connectivity index (χ1v) is 8.83. The van der Waals surface area contributed by atoms with Crippen molar-refractivity contribution in [3.05, 3.63) is 46.2 Å². The Morgan fingerprint density at radius 2 is 1.95 bits per heavy atom. The van der Waals surface area contributed by atoms with Crippen LogP contribution in [0.5, 0.6) is 0 Å². The van der Waals surface area contributed by atoms with Crippen LogP contribution in [0.4, 0.5) is 0 Å². The fourth-order valence-electron chi connectivity index (χ4n) is 2.53. The van der Waals surface area contributed by atoms with Gasteiger partial charge < -0.3 is 0 Å². The second-order valence-electron chi connectivity index (χ2n) is 5.18. The van der Waals surface area contributed by atoms with Crippen LogP contribution in [-0.4, -0.2) is 29.6 Å². The molecular formula is C15H20ClN3O2S. The van der Waals surface area contributed by atoms with Crippen LogP contribution in [0.1, 0.15) is 23.9 Å². The molecule has 1 heterocycles. The predicted molar refractivity (Wildman–Crippen MR) is 87.4 cm³/mol. The smallest absolute Gasteiger partial charge is 0.244 e. The zero-order valence-corrected chi connectivity index (χ0v) is 14.7. The molecule has 0 aliphatic rings. The number of halogens is 1. The monoisotopic (exact) mass is 341 g/mol. The Morgan fingerprint density at radius 3 is 2.55 bits per heavy atom. The molecule has 1 aromatic heterocycles. The summed E-state index contributed by atoms with van der Waals surface area (Å²) in [4.78, 5) is 0.124. The normalized spacial score (nSPS) is 12.1. The van der Waals surface area contributed by atoms with Crippen molar-refractivity contribution in [2.24, 2.45) is 7.05 Å². The van der Waals surface area contributed by atoms with Gasteiger partial charge in [-0.15, -0.1) is 0 Å². The zero-order valence-electron chi connectivity index (χ0n) is 13.2. The van der Waals surface area contributed by atoms with Gasteiger partial charge in [0.1, 0.15) is 4.90 Å². The van der Waals surface area contributed by atoms with E-state index in [4.69, 9.17) is 11.6 Å². The number of sulfonamides is 1. The van der Waals surface area contributed by atoms with E-state index in [1.54, 1.807) is 29.9 Å². The van der Waals surface area contributed by atoms with Crippen LogP contribution in [0.3, 0.4) is 0 Å². The van der Waals surface area contributed by atoms with E-state index in [1.807, 2.05) is 20.9 Å². The third-order valence-electron chi connectivity index (χ3n) is 3.72. The lowest BCUT2D eigenvalue weighted by Gasteiger charge is -2.18. The highest BCUT2D eigenvalue weighted by molar-refractivity contribution is 7.89. The van der Waals surface area contributed by atoms with Crippen LogP contribution in [0.25, 0.3) is 0 Å². The minimum absolute atomic E-state index is 0.124. The maximum Gasteiger partial charge on any atom is 0.244 e. The molecule has 0 saturated carbocycles. The lowest BCUT2D eigenvalue weighted by molar-refractivity contribution is 0.464. The summed E-state index contributed by atoms with van der Waals surface area (Å²) in [6.07, 6.45) is 0.798. The highest BCUT2D eigenvalue weighted by atomic mass is 35.5. The van der Waals surface area contributed by atoms with Crippen molar-refractivity contribution >= 4 is 21.6 Å². The Hall–Kier alpha value is -1.37. The molecule has 0 atom stereocenters. The highest BCUT2D eigenvalue weighted by Gasteiger charge is 2.25. The highest BCUT2D eigenvalue weighted by Crippen LogP contribution is 2.25. The fraction of sp³-hybridized carbons (Fsp3) is 0.400. The van der Waals surface area contributed by atoms with Crippen LogP contribution in [0, 0.1) is 6.92 Å². The third-order valence-corrected chi connectivity index (χ3v) is 6.02. The van der Waals surface area contributed by atoms with Crippen molar-refractivity contribution in [2.45, 2.75) is 31.7 Å². The van der Waals surface area contributed by atoms with Gasteiger partial charge in [-0.1, -0.05) is 30.7 Å². The minimum Gasteiger partial charge on any atom is -0.272 e. The average Bonchev–Trinajstić information content (AvgIpc) is 2.72. The number of aryl methyl sites for hydroxylation is 2. The summed E-state index contributed by atoms with van der Waals surface area (Å²) in [5.74, 6) is 0. The lowest BCUT2D eigenvalue weighted by atomic mass is 10.1. The van der Waals surface area contributed by atoms with Crippen molar-refractivity contribution in [3.63, 3.8) is 0 Å². The topological polar surface area (TPSA) is 55.2 Å². The second kappa shape index (κ2) is 6.40. The van der Waals surface area contributed by atoms with Gasteiger partial charge in [0.15, 0.2) is 0 Å². The molecule has 0 unspecified atom stereocenters. The van der Waals surface area contributed by atoms with Crippen molar-refractivity contribution in [2.75, 3.05) is 7.05 Å². The van der Waals surface area contributed by atoms with Crippen molar-refractivity contribution in [3.8, 4) is 0 Å². The van der Waals surface area contributed by atoms with E-state index in [1.165, 1.54) is 10.4 Å². The van der Waals surface area contributed by atoms with Crippen LogP contribution in [0.2, 0.25) is 5.02 Å². The predicted octanol–water partition coefficient (Wildman–Crippen LogP) is 2.77. The Kier molecular flexibility index (Phi) is 4.94. The maximum absolute atomic E-state index is 12.7. The van der Waals surface area contributed by atoms with Crippen LogP contribution in [-0.2, 0) is 30.0 Å². The van der Waals surface area contributed by atoms with Gasteiger partial charge in [-0.2, -0.15) is 9.40 Å². The molecule has 0 fully saturated rings. The first-order chi connectivity index (χ1) is 10.3. The summed E-state index contributed by atoms with van der Waals surface area (Å²) in [5, 5.41) is 4.61. The lowest BCUT2D eigenvalue weighted by Crippen LogP contribution is -2.27. The Labute approximate surface area is 136 Å². The average molecular weight is 342 g/mol. The SMILES string of the molecule is CCc1c(CN(C)S(=O)(=O)c2ccccc2Cl)c(C)nn1C. The van der Waals surface area contributed by atoms with E-state index in [0.29, 0.717) is 0 Å². The molecule has 0 saturated heterocycles. The van der Waals surface area contributed by atoms with Crippen LogP contribution < -0.4 is 0 Å². The maximum atomic E-state index is 12.7. The zero-order chi connectivity index (χ0) is 16.5. The van der Waals surface area contributed by atoms with Crippen molar-refractivity contribution in [1.82, 2.24) is 14.1 Å². The first-order valence-electron chi connectivity index (χ1n) is 7.01. The number of hydrogen-bond donors (Lipinski definition) is 0. The molecule has 0 bridgehead atoms. The number of aromatic nitrogens is 2. The summed E-state index contributed by atoms with van der Waals surface area (Å²) >= 11 is 6.03. The number of hydrogen-bond acceptors (Lipinski definition) is 3. The molecule has 120 valence electrons. The van der Waals surface area contributed by atoms with Crippen molar-refractivity contribution < 1.29 is 8.42 Å². The van der Waals surface area contributed by atoms with Gasteiger partial charge in [0.05, 0.1) is 10.7 Å². The van der Waals surface area contributed by atoms with Gasteiger partial charge >= 0.3 is 0 Å². The molecule has 0 aliphatic carbocycles. The van der Waals surface area contributed by atoms with E-state index < -0.39 is 10.0 Å². The Balaban J connectivity index is 2.37. The standard InChI is InChI=1S/C15H20ClN3O2S/c1-5-14-12(11(2)17-19(14)4)10-18(3)22(20,21)15-9-7-6-8-13(15)16/h6-9H,5,10H2,1-4H3. The Bertz CT molecular complexity index is 784. The van der Waals surface area contributed by atoms with E-state index in [2.05, 4.69) is 5.10 Å². The van der Waals surface area contributed by atoms with Gasteiger partial charge in [0, 0.05) is 31.9 Å². The molecule has 0 radical (unpaired) electrons. The largest absolute Gasteiger partial charge is 0.272 e. The molecule has 5 nitrogen and oxygen atoms in total. The summed E-state index contributed by atoms with van der Waals surface area (Å²) in [6, 6.07) is 6.47.